The summed E-state index contributed by atoms with van der Waals surface area (Å²) in [6.07, 6.45) is 1.26. The number of hydrogen-bond donors (Lipinski definition) is 2. The summed E-state index contributed by atoms with van der Waals surface area (Å²) in [5.41, 5.74) is 0.426. The summed E-state index contributed by atoms with van der Waals surface area (Å²) < 4.78 is 27.4. The minimum absolute atomic E-state index is 0.00820. The van der Waals surface area contributed by atoms with E-state index in [1.54, 1.807) is 0 Å². The van der Waals surface area contributed by atoms with Gasteiger partial charge in [-0.2, -0.15) is 0 Å². The highest BCUT2D eigenvalue weighted by atomic mass is 19.1. The Morgan fingerprint density at radius 2 is 1.64 bits per heavy atom. The summed E-state index contributed by atoms with van der Waals surface area (Å²) in [5, 5.41) is 2.70. The molecule has 0 aliphatic carbocycles. The van der Waals surface area contributed by atoms with Gasteiger partial charge in [-0.15, -0.1) is 0 Å². The normalized spacial score (nSPS) is 10.5. The predicted octanol–water partition coefficient (Wildman–Crippen LogP) is 3.45. The smallest absolute Gasteiger partial charge is 0.267 e. The summed E-state index contributed by atoms with van der Waals surface area (Å²) in [4.78, 5) is 27.0. The van der Waals surface area contributed by atoms with E-state index in [0.29, 0.717) is 6.54 Å². The van der Waals surface area contributed by atoms with Crippen LogP contribution in [0.3, 0.4) is 0 Å². The van der Waals surface area contributed by atoms with E-state index < -0.39 is 28.9 Å². The van der Waals surface area contributed by atoms with Gasteiger partial charge in [-0.25, -0.2) is 8.78 Å². The Balaban J connectivity index is 1.73. The number of halogens is 2. The lowest BCUT2D eigenvalue weighted by molar-refractivity contribution is 0.0946. The van der Waals surface area contributed by atoms with Gasteiger partial charge in [0.15, 0.2) is 5.78 Å². The molecule has 0 bridgehead atoms. The molecule has 4 nitrogen and oxygen atoms in total. The van der Waals surface area contributed by atoms with Crippen molar-refractivity contribution >= 4 is 11.7 Å². The number of carbonyl (C=O) groups is 2. The predicted molar refractivity (Wildman–Crippen MR) is 88.2 cm³/mol. The maximum Gasteiger partial charge on any atom is 0.267 e. The molecular formula is C19H14F2N2O2. The molecule has 0 atom stereocenters. The van der Waals surface area contributed by atoms with Gasteiger partial charge in [0.05, 0.1) is 5.56 Å². The van der Waals surface area contributed by atoms with Crippen molar-refractivity contribution in [3.63, 3.8) is 0 Å². The van der Waals surface area contributed by atoms with Crippen LogP contribution in [0.25, 0.3) is 0 Å². The van der Waals surface area contributed by atoms with Crippen LogP contribution in [0.4, 0.5) is 8.78 Å². The number of nitrogens with one attached hydrogen (secondary N) is 2. The van der Waals surface area contributed by atoms with E-state index in [1.807, 2.05) is 30.3 Å². The first-order valence-corrected chi connectivity index (χ1v) is 7.55. The fraction of sp³-hybridized carbons (Fsp3) is 0.0526. The highest BCUT2D eigenvalue weighted by Crippen LogP contribution is 2.18. The first-order valence-electron chi connectivity index (χ1n) is 7.55. The monoisotopic (exact) mass is 340 g/mol. The first-order chi connectivity index (χ1) is 12.1. The molecule has 3 aromatic rings. The standard InChI is InChI=1S/C19H14F2N2O2/c20-14-7-4-8-15(21)17(14)18(24)13-9-16(22-11-13)19(25)23-10-12-5-2-1-3-6-12/h1-9,11,22H,10H2,(H,23,25). The Kier molecular flexibility index (Phi) is 4.70. The van der Waals surface area contributed by atoms with Crippen LogP contribution in [0, 0.1) is 11.6 Å². The molecule has 2 aromatic carbocycles. The van der Waals surface area contributed by atoms with Gasteiger partial charge >= 0.3 is 0 Å². The van der Waals surface area contributed by atoms with E-state index in [-0.39, 0.29) is 11.3 Å². The van der Waals surface area contributed by atoms with Gasteiger partial charge in [0.1, 0.15) is 17.3 Å². The molecule has 0 saturated carbocycles. The Morgan fingerprint density at radius 3 is 2.32 bits per heavy atom. The molecule has 1 aromatic heterocycles. The molecule has 2 N–H and O–H groups in total. The van der Waals surface area contributed by atoms with Crippen LogP contribution < -0.4 is 5.32 Å². The van der Waals surface area contributed by atoms with Gasteiger partial charge in [-0.05, 0) is 23.8 Å². The van der Waals surface area contributed by atoms with E-state index in [1.165, 1.54) is 18.3 Å². The molecule has 126 valence electrons. The largest absolute Gasteiger partial charge is 0.356 e. The highest BCUT2D eigenvalue weighted by Gasteiger charge is 2.21. The molecule has 0 unspecified atom stereocenters. The Bertz CT molecular complexity index is 900. The third-order valence-corrected chi connectivity index (χ3v) is 3.68. The molecule has 1 heterocycles. The van der Waals surface area contributed by atoms with E-state index in [9.17, 15) is 18.4 Å². The van der Waals surface area contributed by atoms with Crippen molar-refractivity contribution in [2.45, 2.75) is 6.54 Å². The summed E-state index contributed by atoms with van der Waals surface area (Å²) in [5.74, 6) is -3.13. The number of aromatic nitrogens is 1. The van der Waals surface area contributed by atoms with Gasteiger partial charge < -0.3 is 10.3 Å². The van der Waals surface area contributed by atoms with Gasteiger partial charge in [-0.1, -0.05) is 36.4 Å². The van der Waals surface area contributed by atoms with Crippen molar-refractivity contribution in [1.29, 1.82) is 0 Å². The summed E-state index contributed by atoms with van der Waals surface area (Å²) in [7, 11) is 0. The maximum atomic E-state index is 13.7. The zero-order valence-electron chi connectivity index (χ0n) is 13.1. The second-order valence-corrected chi connectivity index (χ2v) is 5.40. The van der Waals surface area contributed by atoms with Crippen molar-refractivity contribution in [1.82, 2.24) is 10.3 Å². The van der Waals surface area contributed by atoms with E-state index in [2.05, 4.69) is 10.3 Å². The second-order valence-electron chi connectivity index (χ2n) is 5.40. The molecule has 0 fully saturated rings. The van der Waals surface area contributed by atoms with Crippen LogP contribution in [-0.2, 0) is 6.54 Å². The summed E-state index contributed by atoms with van der Waals surface area (Å²) in [6, 6.07) is 13.8. The van der Waals surface area contributed by atoms with Crippen LogP contribution in [0.15, 0.2) is 60.8 Å². The number of rotatable bonds is 5. The lowest BCUT2D eigenvalue weighted by Crippen LogP contribution is -2.23. The number of amides is 1. The minimum atomic E-state index is -0.943. The average Bonchev–Trinajstić information content (AvgIpc) is 3.10. The van der Waals surface area contributed by atoms with Crippen molar-refractivity contribution in [3.05, 3.63) is 94.8 Å². The van der Waals surface area contributed by atoms with Gasteiger partial charge in [0, 0.05) is 18.3 Å². The third kappa shape index (κ3) is 3.63. The summed E-state index contributed by atoms with van der Waals surface area (Å²) >= 11 is 0. The fourth-order valence-corrected chi connectivity index (χ4v) is 2.39. The Morgan fingerprint density at radius 1 is 0.960 bits per heavy atom. The van der Waals surface area contributed by atoms with Crippen LogP contribution in [0.5, 0.6) is 0 Å². The molecule has 0 radical (unpaired) electrons. The molecule has 1 amide bonds. The van der Waals surface area contributed by atoms with Crippen molar-refractivity contribution in [2.75, 3.05) is 0 Å². The number of H-pyrrole nitrogens is 1. The van der Waals surface area contributed by atoms with Crippen molar-refractivity contribution in [3.8, 4) is 0 Å². The Labute approximate surface area is 142 Å². The molecule has 0 saturated heterocycles. The minimum Gasteiger partial charge on any atom is -0.356 e. The number of hydrogen-bond acceptors (Lipinski definition) is 2. The molecular weight excluding hydrogens is 326 g/mol. The first kappa shape index (κ1) is 16.6. The van der Waals surface area contributed by atoms with Crippen LogP contribution in [-0.4, -0.2) is 16.7 Å². The fourth-order valence-electron chi connectivity index (χ4n) is 2.39. The number of carbonyl (C=O) groups excluding carboxylic acids is 2. The van der Waals surface area contributed by atoms with Crippen molar-refractivity contribution in [2.24, 2.45) is 0 Å². The SMILES string of the molecule is O=C(NCc1ccccc1)c1cc(C(=O)c2c(F)cccc2F)c[nH]1. The van der Waals surface area contributed by atoms with Gasteiger partial charge in [-0.3, -0.25) is 9.59 Å². The van der Waals surface area contributed by atoms with Crippen LogP contribution >= 0.6 is 0 Å². The molecule has 0 spiro atoms. The molecule has 25 heavy (non-hydrogen) atoms. The van der Waals surface area contributed by atoms with Gasteiger partial charge in [0.25, 0.3) is 5.91 Å². The van der Waals surface area contributed by atoms with Crippen LogP contribution in [0.1, 0.15) is 32.0 Å². The zero-order valence-corrected chi connectivity index (χ0v) is 13.1. The average molecular weight is 340 g/mol. The van der Waals surface area contributed by atoms with Gasteiger partial charge in [0.2, 0.25) is 0 Å². The number of ketones is 1. The van der Waals surface area contributed by atoms with E-state index >= 15 is 0 Å². The van der Waals surface area contributed by atoms with Crippen LogP contribution in [0.2, 0.25) is 0 Å². The lowest BCUT2D eigenvalue weighted by atomic mass is 10.0. The molecule has 6 heteroatoms. The zero-order chi connectivity index (χ0) is 17.8. The Hall–Kier alpha value is -3.28. The lowest BCUT2D eigenvalue weighted by Gasteiger charge is -2.03. The third-order valence-electron chi connectivity index (χ3n) is 3.68. The highest BCUT2D eigenvalue weighted by molar-refractivity contribution is 6.10. The quantitative estimate of drug-likeness (QED) is 0.699. The second kappa shape index (κ2) is 7.09. The molecule has 3 rings (SSSR count). The number of benzene rings is 2. The summed E-state index contributed by atoms with van der Waals surface area (Å²) in [6.45, 7) is 0.323. The van der Waals surface area contributed by atoms with Crippen molar-refractivity contribution < 1.29 is 18.4 Å². The molecule has 0 aliphatic heterocycles. The number of aromatic amines is 1. The molecule has 0 aliphatic rings. The van der Waals surface area contributed by atoms with E-state index in [0.717, 1.165) is 17.7 Å². The van der Waals surface area contributed by atoms with E-state index in [4.69, 9.17) is 0 Å². The maximum absolute atomic E-state index is 13.7. The topological polar surface area (TPSA) is 62.0 Å².